The SMILES string of the molecule is CNC(=O)C(=O)c1c[nH]c2ccc(NS(=O)(=O)c3ccc4ccccc4c3)cc12. The van der Waals surface area contributed by atoms with Gasteiger partial charge in [-0.25, -0.2) is 8.42 Å². The molecule has 1 amide bonds. The molecule has 0 saturated heterocycles. The summed E-state index contributed by atoms with van der Waals surface area (Å²) >= 11 is 0. The van der Waals surface area contributed by atoms with E-state index in [1.807, 2.05) is 24.3 Å². The van der Waals surface area contributed by atoms with E-state index in [-0.39, 0.29) is 16.1 Å². The minimum Gasteiger partial charge on any atom is -0.360 e. The molecule has 0 spiro atoms. The molecule has 0 unspecified atom stereocenters. The summed E-state index contributed by atoms with van der Waals surface area (Å²) in [7, 11) is -2.46. The summed E-state index contributed by atoms with van der Waals surface area (Å²) in [5.74, 6) is -1.44. The average Bonchev–Trinajstić information content (AvgIpc) is 3.15. The number of fused-ring (bicyclic) bond motifs is 2. The number of sulfonamides is 1. The van der Waals surface area contributed by atoms with Gasteiger partial charge in [-0.1, -0.05) is 30.3 Å². The van der Waals surface area contributed by atoms with Crippen LogP contribution >= 0.6 is 0 Å². The van der Waals surface area contributed by atoms with E-state index in [0.717, 1.165) is 10.8 Å². The van der Waals surface area contributed by atoms with Crippen molar-refractivity contribution < 1.29 is 18.0 Å². The number of likely N-dealkylation sites (N-methyl/N-ethyl adjacent to an activating group) is 1. The molecule has 0 aliphatic heterocycles. The van der Waals surface area contributed by atoms with Crippen molar-refractivity contribution >= 4 is 49.1 Å². The predicted molar refractivity (Wildman–Crippen MR) is 111 cm³/mol. The fourth-order valence-corrected chi connectivity index (χ4v) is 4.24. The summed E-state index contributed by atoms with van der Waals surface area (Å²) in [5.41, 5.74) is 1.08. The van der Waals surface area contributed by atoms with E-state index >= 15 is 0 Å². The molecule has 0 aliphatic carbocycles. The van der Waals surface area contributed by atoms with E-state index < -0.39 is 21.7 Å². The van der Waals surface area contributed by atoms with Crippen LogP contribution in [0.1, 0.15) is 10.4 Å². The molecule has 146 valence electrons. The van der Waals surface area contributed by atoms with Crippen LogP contribution in [0.4, 0.5) is 5.69 Å². The van der Waals surface area contributed by atoms with Crippen LogP contribution < -0.4 is 10.0 Å². The number of rotatable bonds is 5. The largest absolute Gasteiger partial charge is 0.360 e. The molecule has 4 aromatic rings. The third-order valence-corrected chi connectivity index (χ3v) is 6.02. The monoisotopic (exact) mass is 407 g/mol. The Balaban J connectivity index is 1.70. The lowest BCUT2D eigenvalue weighted by Crippen LogP contribution is -2.27. The zero-order chi connectivity index (χ0) is 20.6. The van der Waals surface area contributed by atoms with Gasteiger partial charge in [0.1, 0.15) is 0 Å². The second-order valence-electron chi connectivity index (χ2n) is 6.49. The van der Waals surface area contributed by atoms with E-state index in [4.69, 9.17) is 0 Å². The van der Waals surface area contributed by atoms with Gasteiger partial charge < -0.3 is 10.3 Å². The highest BCUT2D eigenvalue weighted by molar-refractivity contribution is 7.92. The Hall–Kier alpha value is -3.65. The highest BCUT2D eigenvalue weighted by Crippen LogP contribution is 2.26. The van der Waals surface area contributed by atoms with Crippen LogP contribution in [-0.2, 0) is 14.8 Å². The van der Waals surface area contributed by atoms with Crippen molar-refractivity contribution in [3.63, 3.8) is 0 Å². The Morgan fingerprint density at radius 2 is 1.69 bits per heavy atom. The standard InChI is InChI=1S/C21H17N3O4S/c1-22-21(26)20(25)18-12-23-19-9-7-15(11-17(18)19)24-29(27,28)16-8-6-13-4-2-3-5-14(13)10-16/h2-12,23-24H,1H3,(H,22,26). The number of benzene rings is 3. The van der Waals surface area contributed by atoms with E-state index in [2.05, 4.69) is 15.0 Å². The number of amides is 1. The van der Waals surface area contributed by atoms with Gasteiger partial charge in [0.2, 0.25) is 0 Å². The number of ketones is 1. The molecule has 0 aliphatic rings. The third kappa shape index (κ3) is 3.45. The lowest BCUT2D eigenvalue weighted by atomic mass is 10.1. The number of Topliss-reactive ketones (excluding diaryl/α,β-unsaturated/α-hetero) is 1. The first-order valence-corrected chi connectivity index (χ1v) is 10.3. The number of hydrogen-bond acceptors (Lipinski definition) is 4. The van der Waals surface area contributed by atoms with Crippen molar-refractivity contribution in [3.8, 4) is 0 Å². The third-order valence-electron chi connectivity index (χ3n) is 4.64. The topological polar surface area (TPSA) is 108 Å². The molecule has 0 radical (unpaired) electrons. The number of aromatic amines is 1. The molecule has 3 N–H and O–H groups in total. The molecule has 1 heterocycles. The Morgan fingerprint density at radius 1 is 0.931 bits per heavy atom. The van der Waals surface area contributed by atoms with Gasteiger partial charge in [-0.15, -0.1) is 0 Å². The summed E-state index contributed by atoms with van der Waals surface area (Å²) < 4.78 is 28.2. The Bertz CT molecular complexity index is 1370. The maximum Gasteiger partial charge on any atom is 0.292 e. The molecular weight excluding hydrogens is 390 g/mol. The smallest absolute Gasteiger partial charge is 0.292 e. The van der Waals surface area contributed by atoms with E-state index in [0.29, 0.717) is 10.9 Å². The van der Waals surface area contributed by atoms with E-state index in [1.165, 1.54) is 19.3 Å². The molecule has 1 aromatic heterocycles. The van der Waals surface area contributed by atoms with Crippen LogP contribution in [0.5, 0.6) is 0 Å². The first kappa shape index (κ1) is 18.7. The second-order valence-corrected chi connectivity index (χ2v) is 8.17. The second kappa shape index (κ2) is 7.06. The summed E-state index contributed by atoms with van der Waals surface area (Å²) in [6.07, 6.45) is 1.43. The van der Waals surface area contributed by atoms with Crippen molar-refractivity contribution in [3.05, 3.63) is 72.4 Å². The summed E-state index contributed by atoms with van der Waals surface area (Å²) in [5, 5.41) is 4.51. The quantitative estimate of drug-likeness (QED) is 0.349. The molecule has 0 fully saturated rings. The van der Waals surface area contributed by atoms with E-state index in [1.54, 1.807) is 30.3 Å². The highest BCUT2D eigenvalue weighted by atomic mass is 32.2. The summed E-state index contributed by atoms with van der Waals surface area (Å²) in [6, 6.07) is 17.1. The highest BCUT2D eigenvalue weighted by Gasteiger charge is 2.20. The number of hydrogen-bond donors (Lipinski definition) is 3. The van der Waals surface area contributed by atoms with Crippen LogP contribution in [0, 0.1) is 0 Å². The van der Waals surface area contributed by atoms with Crippen LogP contribution in [0.3, 0.4) is 0 Å². The van der Waals surface area contributed by atoms with Gasteiger partial charge in [0, 0.05) is 29.8 Å². The number of aromatic nitrogens is 1. The minimum absolute atomic E-state index is 0.132. The van der Waals surface area contributed by atoms with Crippen molar-refractivity contribution in [1.29, 1.82) is 0 Å². The number of anilines is 1. The van der Waals surface area contributed by atoms with Gasteiger partial charge in [0.15, 0.2) is 0 Å². The molecule has 0 saturated carbocycles. The minimum atomic E-state index is -3.84. The molecule has 0 atom stereocenters. The lowest BCUT2D eigenvalue weighted by molar-refractivity contribution is -0.116. The van der Waals surface area contributed by atoms with Crippen molar-refractivity contribution in [2.45, 2.75) is 4.90 Å². The van der Waals surface area contributed by atoms with Crippen LogP contribution in [0.15, 0.2) is 71.8 Å². The van der Waals surface area contributed by atoms with Gasteiger partial charge in [-0.2, -0.15) is 0 Å². The molecule has 8 heteroatoms. The first-order chi connectivity index (χ1) is 13.9. The molecular formula is C21H17N3O4S. The van der Waals surface area contributed by atoms with Crippen LogP contribution in [-0.4, -0.2) is 32.1 Å². The van der Waals surface area contributed by atoms with Crippen LogP contribution in [0.2, 0.25) is 0 Å². The van der Waals surface area contributed by atoms with Gasteiger partial charge >= 0.3 is 0 Å². The predicted octanol–water partition coefficient (Wildman–Crippen LogP) is 3.05. The Morgan fingerprint density at radius 3 is 2.45 bits per heavy atom. The molecule has 3 aromatic carbocycles. The number of H-pyrrole nitrogens is 1. The maximum absolute atomic E-state index is 12.8. The number of carbonyl (C=O) groups is 2. The molecule has 4 rings (SSSR count). The van der Waals surface area contributed by atoms with Gasteiger partial charge in [-0.05, 0) is 41.1 Å². The molecule has 29 heavy (non-hydrogen) atoms. The van der Waals surface area contributed by atoms with Crippen LogP contribution in [0.25, 0.3) is 21.7 Å². The van der Waals surface area contributed by atoms with Crippen molar-refractivity contribution in [2.75, 3.05) is 11.8 Å². The van der Waals surface area contributed by atoms with E-state index in [9.17, 15) is 18.0 Å². The zero-order valence-corrected chi connectivity index (χ0v) is 16.2. The molecule has 7 nitrogen and oxygen atoms in total. The lowest BCUT2D eigenvalue weighted by Gasteiger charge is -2.09. The average molecular weight is 407 g/mol. The number of carbonyl (C=O) groups excluding carboxylic acids is 2. The van der Waals surface area contributed by atoms with Gasteiger partial charge in [0.05, 0.1) is 10.5 Å². The number of nitrogens with one attached hydrogen (secondary N) is 3. The van der Waals surface area contributed by atoms with Gasteiger partial charge in [-0.3, -0.25) is 14.3 Å². The van der Waals surface area contributed by atoms with Gasteiger partial charge in [0.25, 0.3) is 21.7 Å². The normalized spacial score (nSPS) is 11.5. The Kier molecular flexibility index (Phi) is 4.56. The first-order valence-electron chi connectivity index (χ1n) is 8.78. The van der Waals surface area contributed by atoms with Crippen molar-refractivity contribution in [1.82, 2.24) is 10.3 Å². The maximum atomic E-state index is 12.8. The summed E-state index contributed by atoms with van der Waals surface area (Å²) in [6.45, 7) is 0. The fraction of sp³-hybridized carbons (Fsp3) is 0.0476. The fourth-order valence-electron chi connectivity index (χ4n) is 3.16. The summed E-state index contributed by atoms with van der Waals surface area (Å²) in [4.78, 5) is 26.9. The molecule has 0 bridgehead atoms. The zero-order valence-electron chi connectivity index (χ0n) is 15.4. The van der Waals surface area contributed by atoms with Crippen molar-refractivity contribution in [2.24, 2.45) is 0 Å². The Labute approximate surface area is 166 Å².